The molecular formula is C10H11NO3. The monoisotopic (exact) mass is 193 g/mol. The largest absolute Gasteiger partial charge is 0.507 e. The van der Waals surface area contributed by atoms with Crippen LogP contribution >= 0.6 is 0 Å². The standard InChI is InChI=1S/C10H11NO3/c1-8(12)7-14-11-6-9-4-2-3-5-10(9)13/h2-6,13H,7H2,1H3/b11-6+. The number of carbonyl (C=O) groups excluding carboxylic acids is 1. The van der Waals surface area contributed by atoms with Gasteiger partial charge >= 0.3 is 0 Å². The fourth-order valence-corrected chi connectivity index (χ4v) is 0.819. The molecule has 0 amide bonds. The van der Waals surface area contributed by atoms with Gasteiger partial charge in [0, 0.05) is 5.56 Å². The first-order valence-electron chi connectivity index (χ1n) is 4.13. The van der Waals surface area contributed by atoms with Crippen LogP contribution < -0.4 is 0 Å². The van der Waals surface area contributed by atoms with Crippen molar-refractivity contribution in [1.29, 1.82) is 0 Å². The number of ketones is 1. The summed E-state index contributed by atoms with van der Waals surface area (Å²) in [4.78, 5) is 15.1. The molecule has 4 nitrogen and oxygen atoms in total. The van der Waals surface area contributed by atoms with Gasteiger partial charge in [0.25, 0.3) is 0 Å². The number of carbonyl (C=O) groups is 1. The number of Topliss-reactive ketones (excluding diaryl/α,β-unsaturated/α-hetero) is 1. The minimum absolute atomic E-state index is 0.0515. The van der Waals surface area contributed by atoms with E-state index in [-0.39, 0.29) is 18.1 Å². The van der Waals surface area contributed by atoms with E-state index in [1.165, 1.54) is 13.1 Å². The maximum Gasteiger partial charge on any atom is 0.174 e. The highest BCUT2D eigenvalue weighted by Crippen LogP contribution is 2.12. The Morgan fingerprint density at radius 1 is 1.57 bits per heavy atom. The van der Waals surface area contributed by atoms with E-state index in [0.29, 0.717) is 5.56 Å². The second kappa shape index (κ2) is 5.01. The van der Waals surface area contributed by atoms with Gasteiger partial charge in [-0.1, -0.05) is 17.3 Å². The molecule has 0 radical (unpaired) electrons. The van der Waals surface area contributed by atoms with Crippen molar-refractivity contribution in [3.05, 3.63) is 29.8 Å². The molecule has 14 heavy (non-hydrogen) atoms. The third kappa shape index (κ3) is 3.26. The Morgan fingerprint density at radius 3 is 2.93 bits per heavy atom. The van der Waals surface area contributed by atoms with Crippen molar-refractivity contribution in [2.45, 2.75) is 6.92 Å². The van der Waals surface area contributed by atoms with Crippen molar-refractivity contribution in [2.75, 3.05) is 6.61 Å². The summed E-state index contributed by atoms with van der Waals surface area (Å²) in [6, 6.07) is 6.72. The van der Waals surface area contributed by atoms with Crippen LogP contribution in [0.5, 0.6) is 5.75 Å². The number of hydrogen-bond donors (Lipinski definition) is 1. The lowest BCUT2D eigenvalue weighted by Crippen LogP contribution is -1.99. The smallest absolute Gasteiger partial charge is 0.174 e. The van der Waals surface area contributed by atoms with Gasteiger partial charge in [-0.05, 0) is 19.1 Å². The molecule has 1 rings (SSSR count). The van der Waals surface area contributed by atoms with Crippen LogP contribution in [0.25, 0.3) is 0 Å². The molecule has 0 aliphatic heterocycles. The molecular weight excluding hydrogens is 182 g/mol. The van der Waals surface area contributed by atoms with Crippen LogP contribution in [-0.4, -0.2) is 23.7 Å². The Bertz CT molecular complexity index is 347. The van der Waals surface area contributed by atoms with Gasteiger partial charge in [0.15, 0.2) is 12.4 Å². The number of oxime groups is 1. The summed E-state index contributed by atoms with van der Waals surface area (Å²) in [6.07, 6.45) is 1.36. The summed E-state index contributed by atoms with van der Waals surface area (Å²) >= 11 is 0. The van der Waals surface area contributed by atoms with Crippen molar-refractivity contribution >= 4 is 12.0 Å². The summed E-state index contributed by atoms with van der Waals surface area (Å²) in [5.41, 5.74) is 0.552. The molecule has 0 heterocycles. The highest BCUT2D eigenvalue weighted by molar-refractivity contribution is 5.83. The summed E-state index contributed by atoms with van der Waals surface area (Å²) in [6.45, 7) is 1.36. The van der Waals surface area contributed by atoms with E-state index in [1.54, 1.807) is 24.3 Å². The lowest BCUT2D eigenvalue weighted by atomic mass is 10.2. The molecule has 0 fully saturated rings. The normalized spacial score (nSPS) is 10.4. The predicted octanol–water partition coefficient (Wildman–Crippen LogP) is 1.33. The predicted molar refractivity (Wildman–Crippen MR) is 52.3 cm³/mol. The van der Waals surface area contributed by atoms with Crippen LogP contribution in [0.1, 0.15) is 12.5 Å². The summed E-state index contributed by atoms with van der Waals surface area (Å²) in [5, 5.41) is 12.8. The molecule has 0 aliphatic carbocycles. The van der Waals surface area contributed by atoms with E-state index >= 15 is 0 Å². The number of aromatic hydroxyl groups is 1. The van der Waals surface area contributed by atoms with Gasteiger partial charge in [-0.3, -0.25) is 4.79 Å². The molecule has 0 aromatic heterocycles. The van der Waals surface area contributed by atoms with Gasteiger partial charge in [-0.25, -0.2) is 0 Å². The number of hydrogen-bond acceptors (Lipinski definition) is 4. The molecule has 1 N–H and O–H groups in total. The third-order valence-electron chi connectivity index (χ3n) is 1.47. The Kier molecular flexibility index (Phi) is 3.67. The highest BCUT2D eigenvalue weighted by Gasteiger charge is 1.95. The van der Waals surface area contributed by atoms with Gasteiger partial charge in [-0.15, -0.1) is 0 Å². The van der Waals surface area contributed by atoms with Crippen LogP contribution in [0.4, 0.5) is 0 Å². The maximum atomic E-state index is 10.5. The Labute approximate surface area is 81.8 Å². The minimum atomic E-state index is -0.0977. The first-order chi connectivity index (χ1) is 6.70. The van der Waals surface area contributed by atoms with Crippen LogP contribution in [-0.2, 0) is 9.63 Å². The number of para-hydroxylation sites is 1. The lowest BCUT2D eigenvalue weighted by molar-refractivity contribution is -0.121. The second-order valence-electron chi connectivity index (χ2n) is 2.77. The third-order valence-corrected chi connectivity index (χ3v) is 1.47. The zero-order valence-corrected chi connectivity index (χ0v) is 7.80. The molecule has 4 heteroatoms. The van der Waals surface area contributed by atoms with Crippen molar-refractivity contribution in [1.82, 2.24) is 0 Å². The van der Waals surface area contributed by atoms with Crippen molar-refractivity contribution in [3.63, 3.8) is 0 Å². The fraction of sp³-hybridized carbons (Fsp3) is 0.200. The topological polar surface area (TPSA) is 58.9 Å². The summed E-state index contributed by atoms with van der Waals surface area (Å²) < 4.78 is 0. The Morgan fingerprint density at radius 2 is 2.29 bits per heavy atom. The number of phenolic OH excluding ortho intramolecular Hbond substituents is 1. The van der Waals surface area contributed by atoms with Crippen molar-refractivity contribution < 1.29 is 14.7 Å². The molecule has 74 valence electrons. The molecule has 0 aliphatic rings. The summed E-state index contributed by atoms with van der Waals surface area (Å²) in [7, 11) is 0. The van der Waals surface area contributed by atoms with Crippen LogP contribution in [0.15, 0.2) is 29.4 Å². The average Bonchev–Trinajstić information content (AvgIpc) is 2.15. The number of phenols is 1. The number of nitrogens with zero attached hydrogens (tertiary/aromatic N) is 1. The summed E-state index contributed by atoms with van der Waals surface area (Å²) in [5.74, 6) is 0.0297. The van der Waals surface area contributed by atoms with E-state index < -0.39 is 0 Å². The van der Waals surface area contributed by atoms with Gasteiger partial charge in [0.05, 0.1) is 6.21 Å². The van der Waals surface area contributed by atoms with Gasteiger partial charge in [-0.2, -0.15) is 0 Å². The van der Waals surface area contributed by atoms with Crippen LogP contribution in [0.3, 0.4) is 0 Å². The molecule has 0 bridgehead atoms. The van der Waals surface area contributed by atoms with Crippen molar-refractivity contribution in [2.24, 2.45) is 5.16 Å². The lowest BCUT2D eigenvalue weighted by Gasteiger charge is -1.96. The average molecular weight is 193 g/mol. The maximum absolute atomic E-state index is 10.5. The SMILES string of the molecule is CC(=O)CO/N=C/c1ccccc1O. The Balaban J connectivity index is 2.52. The van der Waals surface area contributed by atoms with Crippen LogP contribution in [0.2, 0.25) is 0 Å². The molecule has 1 aromatic rings. The number of rotatable bonds is 4. The zero-order chi connectivity index (χ0) is 10.4. The van der Waals surface area contributed by atoms with Gasteiger partial charge in [0.1, 0.15) is 5.75 Å². The fourth-order valence-electron chi connectivity index (χ4n) is 0.819. The zero-order valence-electron chi connectivity index (χ0n) is 7.80. The first kappa shape index (κ1) is 10.2. The molecule has 0 unspecified atom stereocenters. The highest BCUT2D eigenvalue weighted by atomic mass is 16.6. The van der Waals surface area contributed by atoms with E-state index in [9.17, 15) is 9.90 Å². The van der Waals surface area contributed by atoms with E-state index in [2.05, 4.69) is 9.99 Å². The first-order valence-corrected chi connectivity index (χ1v) is 4.13. The molecule has 0 atom stereocenters. The molecule has 0 saturated heterocycles. The molecule has 0 saturated carbocycles. The Hall–Kier alpha value is -1.84. The van der Waals surface area contributed by atoms with Gasteiger partial charge < -0.3 is 9.94 Å². The van der Waals surface area contributed by atoms with E-state index in [1.807, 2.05) is 0 Å². The van der Waals surface area contributed by atoms with E-state index in [4.69, 9.17) is 0 Å². The van der Waals surface area contributed by atoms with Crippen LogP contribution in [0, 0.1) is 0 Å². The number of benzene rings is 1. The second-order valence-corrected chi connectivity index (χ2v) is 2.77. The van der Waals surface area contributed by atoms with E-state index in [0.717, 1.165) is 0 Å². The molecule has 1 aromatic carbocycles. The minimum Gasteiger partial charge on any atom is -0.507 e. The van der Waals surface area contributed by atoms with Crippen molar-refractivity contribution in [3.8, 4) is 5.75 Å². The molecule has 0 spiro atoms. The van der Waals surface area contributed by atoms with Gasteiger partial charge in [0.2, 0.25) is 0 Å². The quantitative estimate of drug-likeness (QED) is 0.579.